The molecule has 0 aliphatic heterocycles. The Bertz CT molecular complexity index is 624. The molecule has 0 radical (unpaired) electrons. The highest BCUT2D eigenvalue weighted by Gasteiger charge is 2.11. The molecular formula is C15H14Cl2N2O. The van der Waals surface area contributed by atoms with E-state index in [2.05, 4.69) is 5.32 Å². The average molecular weight is 309 g/mol. The van der Waals surface area contributed by atoms with Crippen molar-refractivity contribution in [1.29, 1.82) is 0 Å². The van der Waals surface area contributed by atoms with Gasteiger partial charge in [-0.2, -0.15) is 0 Å². The fourth-order valence-electron chi connectivity index (χ4n) is 1.71. The molecule has 104 valence electrons. The van der Waals surface area contributed by atoms with Gasteiger partial charge in [0.05, 0.1) is 10.6 Å². The van der Waals surface area contributed by atoms with Crippen LogP contribution in [0.3, 0.4) is 0 Å². The molecule has 2 rings (SSSR count). The highest BCUT2D eigenvalue weighted by Crippen LogP contribution is 2.22. The minimum absolute atomic E-state index is 0.282. The smallest absolute Gasteiger partial charge is 0.257 e. The van der Waals surface area contributed by atoms with Gasteiger partial charge in [0.25, 0.3) is 5.91 Å². The second-order valence-corrected chi connectivity index (χ2v) is 5.36. The lowest BCUT2D eigenvalue weighted by Gasteiger charge is -2.13. The van der Waals surface area contributed by atoms with Crippen LogP contribution in [0.4, 0.5) is 11.4 Å². The van der Waals surface area contributed by atoms with Crippen molar-refractivity contribution in [3.63, 3.8) is 0 Å². The number of rotatable bonds is 3. The normalized spacial score (nSPS) is 10.2. The van der Waals surface area contributed by atoms with E-state index in [0.29, 0.717) is 21.3 Å². The van der Waals surface area contributed by atoms with Crippen molar-refractivity contribution < 1.29 is 4.79 Å². The number of hydrogen-bond donors (Lipinski definition) is 1. The zero-order chi connectivity index (χ0) is 14.7. The first kappa shape index (κ1) is 14.7. The van der Waals surface area contributed by atoms with Crippen LogP contribution in [-0.4, -0.2) is 20.0 Å². The second kappa shape index (κ2) is 6.16. The maximum atomic E-state index is 12.1. The minimum atomic E-state index is -0.282. The van der Waals surface area contributed by atoms with E-state index in [1.165, 1.54) is 0 Å². The molecule has 1 N–H and O–H groups in total. The average Bonchev–Trinajstić information content (AvgIpc) is 2.42. The van der Waals surface area contributed by atoms with Crippen LogP contribution >= 0.6 is 23.2 Å². The van der Waals surface area contributed by atoms with Gasteiger partial charge in [0.2, 0.25) is 0 Å². The molecule has 0 aromatic heterocycles. The minimum Gasteiger partial charge on any atom is -0.378 e. The number of halogens is 2. The first-order valence-electron chi connectivity index (χ1n) is 6.01. The zero-order valence-electron chi connectivity index (χ0n) is 11.2. The van der Waals surface area contributed by atoms with E-state index in [9.17, 15) is 4.79 Å². The number of nitrogens with one attached hydrogen (secondary N) is 1. The first-order chi connectivity index (χ1) is 9.47. The number of hydrogen-bond acceptors (Lipinski definition) is 2. The number of carbonyl (C=O) groups excluding carboxylic acids is 1. The van der Waals surface area contributed by atoms with Crippen molar-refractivity contribution in [2.45, 2.75) is 0 Å². The van der Waals surface area contributed by atoms with Gasteiger partial charge in [0.1, 0.15) is 0 Å². The van der Waals surface area contributed by atoms with E-state index >= 15 is 0 Å². The molecular weight excluding hydrogens is 295 g/mol. The van der Waals surface area contributed by atoms with Gasteiger partial charge in [0, 0.05) is 30.5 Å². The van der Waals surface area contributed by atoms with Crippen LogP contribution in [-0.2, 0) is 0 Å². The van der Waals surface area contributed by atoms with E-state index in [-0.39, 0.29) is 5.91 Å². The van der Waals surface area contributed by atoms with Gasteiger partial charge in [-0.1, -0.05) is 23.2 Å². The van der Waals surface area contributed by atoms with Crippen molar-refractivity contribution in [3.8, 4) is 0 Å². The third kappa shape index (κ3) is 3.44. The summed E-state index contributed by atoms with van der Waals surface area (Å²) < 4.78 is 0. The Morgan fingerprint density at radius 3 is 2.30 bits per heavy atom. The summed E-state index contributed by atoms with van der Waals surface area (Å²) in [7, 11) is 3.92. The number of nitrogens with zero attached hydrogens (tertiary/aromatic N) is 1. The van der Waals surface area contributed by atoms with Crippen molar-refractivity contribution in [2.75, 3.05) is 24.3 Å². The maximum Gasteiger partial charge on any atom is 0.257 e. The molecule has 0 fully saturated rings. The Morgan fingerprint density at radius 2 is 1.70 bits per heavy atom. The zero-order valence-corrected chi connectivity index (χ0v) is 12.7. The van der Waals surface area contributed by atoms with Gasteiger partial charge in [-0.3, -0.25) is 4.79 Å². The Balaban J connectivity index is 2.17. The molecule has 0 aliphatic carbocycles. The molecule has 0 bridgehead atoms. The predicted molar refractivity (Wildman–Crippen MR) is 85.2 cm³/mol. The molecule has 3 nitrogen and oxygen atoms in total. The highest BCUT2D eigenvalue weighted by atomic mass is 35.5. The Hall–Kier alpha value is -1.71. The SMILES string of the molecule is CN(C)c1ccc(NC(=O)c2cc(Cl)ccc2Cl)cc1. The predicted octanol–water partition coefficient (Wildman–Crippen LogP) is 4.31. The quantitative estimate of drug-likeness (QED) is 0.916. The molecule has 0 unspecified atom stereocenters. The fraction of sp³-hybridized carbons (Fsp3) is 0.133. The monoisotopic (exact) mass is 308 g/mol. The Morgan fingerprint density at radius 1 is 1.05 bits per heavy atom. The standard InChI is InChI=1S/C15H14Cl2N2O/c1-19(2)12-6-4-11(5-7-12)18-15(20)13-9-10(16)3-8-14(13)17/h3-9H,1-2H3,(H,18,20). The topological polar surface area (TPSA) is 32.3 Å². The van der Waals surface area contributed by atoms with Gasteiger partial charge < -0.3 is 10.2 Å². The molecule has 1 amide bonds. The third-order valence-electron chi connectivity index (χ3n) is 2.81. The number of benzene rings is 2. The van der Waals surface area contributed by atoms with Crippen LogP contribution in [0.5, 0.6) is 0 Å². The lowest BCUT2D eigenvalue weighted by Crippen LogP contribution is -2.13. The second-order valence-electron chi connectivity index (χ2n) is 4.52. The summed E-state index contributed by atoms with van der Waals surface area (Å²) in [6, 6.07) is 12.3. The van der Waals surface area contributed by atoms with Crippen LogP contribution in [0.25, 0.3) is 0 Å². The summed E-state index contributed by atoms with van der Waals surface area (Å²) in [6.45, 7) is 0. The lowest BCUT2D eigenvalue weighted by molar-refractivity contribution is 0.102. The van der Waals surface area contributed by atoms with E-state index in [0.717, 1.165) is 5.69 Å². The Kier molecular flexibility index (Phi) is 4.53. The van der Waals surface area contributed by atoms with Crippen LogP contribution in [0.1, 0.15) is 10.4 Å². The molecule has 0 saturated heterocycles. The fourth-order valence-corrected chi connectivity index (χ4v) is 2.09. The molecule has 2 aromatic carbocycles. The van der Waals surface area contributed by atoms with Crippen molar-refractivity contribution in [2.24, 2.45) is 0 Å². The van der Waals surface area contributed by atoms with E-state index < -0.39 is 0 Å². The van der Waals surface area contributed by atoms with Gasteiger partial charge in [0.15, 0.2) is 0 Å². The summed E-state index contributed by atoms with van der Waals surface area (Å²) in [4.78, 5) is 14.1. The largest absolute Gasteiger partial charge is 0.378 e. The molecule has 5 heteroatoms. The molecule has 0 heterocycles. The molecule has 0 aliphatic rings. The van der Waals surface area contributed by atoms with Crippen molar-refractivity contribution in [1.82, 2.24) is 0 Å². The summed E-state index contributed by atoms with van der Waals surface area (Å²) >= 11 is 11.9. The molecule has 0 spiro atoms. The molecule has 20 heavy (non-hydrogen) atoms. The third-order valence-corrected chi connectivity index (χ3v) is 3.38. The van der Waals surface area contributed by atoms with Gasteiger partial charge >= 0.3 is 0 Å². The molecule has 0 saturated carbocycles. The first-order valence-corrected chi connectivity index (χ1v) is 6.77. The van der Waals surface area contributed by atoms with Crippen LogP contribution in [0.15, 0.2) is 42.5 Å². The Labute approximate surface area is 128 Å². The molecule has 0 atom stereocenters. The van der Waals surface area contributed by atoms with Crippen molar-refractivity contribution >= 4 is 40.5 Å². The van der Waals surface area contributed by atoms with Gasteiger partial charge in [-0.15, -0.1) is 0 Å². The van der Waals surface area contributed by atoms with E-state index in [4.69, 9.17) is 23.2 Å². The van der Waals surface area contributed by atoms with E-state index in [1.807, 2.05) is 43.3 Å². The number of anilines is 2. The number of amides is 1. The summed E-state index contributed by atoms with van der Waals surface area (Å²) in [5, 5.41) is 3.64. The summed E-state index contributed by atoms with van der Waals surface area (Å²) in [5.74, 6) is -0.282. The van der Waals surface area contributed by atoms with Gasteiger partial charge in [-0.05, 0) is 42.5 Å². The van der Waals surface area contributed by atoms with Gasteiger partial charge in [-0.25, -0.2) is 0 Å². The van der Waals surface area contributed by atoms with Crippen LogP contribution in [0, 0.1) is 0 Å². The summed E-state index contributed by atoms with van der Waals surface area (Å²) in [6.07, 6.45) is 0. The maximum absolute atomic E-state index is 12.1. The molecule has 2 aromatic rings. The lowest BCUT2D eigenvalue weighted by atomic mass is 10.2. The van der Waals surface area contributed by atoms with E-state index in [1.54, 1.807) is 18.2 Å². The van der Waals surface area contributed by atoms with Crippen molar-refractivity contribution in [3.05, 3.63) is 58.1 Å². The van der Waals surface area contributed by atoms with Crippen LogP contribution < -0.4 is 10.2 Å². The van der Waals surface area contributed by atoms with Crippen LogP contribution in [0.2, 0.25) is 10.0 Å². The number of carbonyl (C=O) groups is 1. The summed E-state index contributed by atoms with van der Waals surface area (Å²) in [5.41, 5.74) is 2.12. The highest BCUT2D eigenvalue weighted by molar-refractivity contribution is 6.36.